The van der Waals surface area contributed by atoms with Gasteiger partial charge in [-0.2, -0.15) is 0 Å². The van der Waals surface area contributed by atoms with Gasteiger partial charge in [0, 0.05) is 17.9 Å². The van der Waals surface area contributed by atoms with Crippen molar-refractivity contribution in [2.24, 2.45) is 0 Å². The summed E-state index contributed by atoms with van der Waals surface area (Å²) in [6.45, 7) is 2.89. The standard InChI is InChI=1S/C15H20N2O4/c1-3-6-17(9-13(18)15(20)21-2)11-4-5-12-10(7-11)8-14(19)16-12/h4-5,7,13,18H,3,6,8-9H2,1-2H3,(H,16,19)/t13-/m1/s1. The fraction of sp³-hybridized carbons (Fsp3) is 0.467. The SMILES string of the molecule is CCCN(C[C@@H](O)C(=O)OC)c1ccc2c(c1)CC(=O)N2. The Bertz CT molecular complexity index is 544. The molecule has 0 fully saturated rings. The summed E-state index contributed by atoms with van der Waals surface area (Å²) in [7, 11) is 1.25. The van der Waals surface area contributed by atoms with E-state index >= 15 is 0 Å². The molecule has 1 aromatic carbocycles. The minimum atomic E-state index is -1.19. The van der Waals surface area contributed by atoms with Crippen LogP contribution >= 0.6 is 0 Å². The molecule has 1 aliphatic heterocycles. The fourth-order valence-electron chi connectivity index (χ4n) is 2.43. The van der Waals surface area contributed by atoms with E-state index in [1.807, 2.05) is 30.0 Å². The van der Waals surface area contributed by atoms with Crippen LogP contribution in [-0.4, -0.2) is 43.3 Å². The summed E-state index contributed by atoms with van der Waals surface area (Å²) in [5.74, 6) is -0.659. The number of carbonyl (C=O) groups excluding carboxylic acids is 2. The number of hydrogen-bond acceptors (Lipinski definition) is 5. The summed E-state index contributed by atoms with van der Waals surface area (Å²) in [6, 6.07) is 5.65. The molecule has 0 radical (unpaired) electrons. The van der Waals surface area contributed by atoms with E-state index in [4.69, 9.17) is 0 Å². The van der Waals surface area contributed by atoms with Gasteiger partial charge < -0.3 is 20.1 Å². The maximum absolute atomic E-state index is 11.4. The molecule has 0 saturated heterocycles. The van der Waals surface area contributed by atoms with E-state index in [2.05, 4.69) is 10.1 Å². The van der Waals surface area contributed by atoms with Crippen LogP contribution in [0.15, 0.2) is 18.2 Å². The maximum Gasteiger partial charge on any atom is 0.336 e. The average Bonchev–Trinajstić information content (AvgIpc) is 2.84. The molecule has 1 aromatic rings. The van der Waals surface area contributed by atoms with E-state index in [9.17, 15) is 14.7 Å². The average molecular weight is 292 g/mol. The summed E-state index contributed by atoms with van der Waals surface area (Å²) in [4.78, 5) is 24.7. The van der Waals surface area contributed by atoms with Crippen LogP contribution in [-0.2, 0) is 20.7 Å². The van der Waals surface area contributed by atoms with Gasteiger partial charge in [-0.3, -0.25) is 4.79 Å². The second-order valence-electron chi connectivity index (χ2n) is 5.05. The Morgan fingerprint density at radius 2 is 2.29 bits per heavy atom. The minimum Gasteiger partial charge on any atom is -0.467 e. The van der Waals surface area contributed by atoms with Gasteiger partial charge in [0.25, 0.3) is 0 Å². The van der Waals surface area contributed by atoms with E-state index in [0.717, 1.165) is 23.4 Å². The van der Waals surface area contributed by atoms with Crippen LogP contribution in [0.1, 0.15) is 18.9 Å². The smallest absolute Gasteiger partial charge is 0.336 e. The van der Waals surface area contributed by atoms with Crippen LogP contribution in [0, 0.1) is 0 Å². The Balaban J connectivity index is 2.17. The number of amides is 1. The minimum absolute atomic E-state index is 0.0150. The third kappa shape index (κ3) is 3.52. The highest BCUT2D eigenvalue weighted by molar-refractivity contribution is 5.99. The summed E-state index contributed by atoms with van der Waals surface area (Å²) >= 11 is 0. The van der Waals surface area contributed by atoms with Crippen molar-refractivity contribution in [1.29, 1.82) is 0 Å². The highest BCUT2D eigenvalue weighted by atomic mass is 16.5. The lowest BCUT2D eigenvalue weighted by molar-refractivity contribution is -0.149. The quantitative estimate of drug-likeness (QED) is 0.763. The number of esters is 1. The first kappa shape index (κ1) is 15.3. The van der Waals surface area contributed by atoms with Crippen LogP contribution in [0.4, 0.5) is 11.4 Å². The van der Waals surface area contributed by atoms with E-state index in [-0.39, 0.29) is 12.5 Å². The fourth-order valence-corrected chi connectivity index (χ4v) is 2.43. The maximum atomic E-state index is 11.4. The summed E-state index contributed by atoms with van der Waals surface area (Å²) in [6.07, 6.45) is 0.0553. The predicted octanol–water partition coefficient (Wildman–Crippen LogP) is 0.931. The topological polar surface area (TPSA) is 78.9 Å². The van der Waals surface area contributed by atoms with E-state index in [0.29, 0.717) is 13.0 Å². The van der Waals surface area contributed by atoms with Gasteiger partial charge in [0.15, 0.2) is 6.10 Å². The number of anilines is 2. The monoisotopic (exact) mass is 292 g/mol. The van der Waals surface area contributed by atoms with E-state index in [1.165, 1.54) is 7.11 Å². The lowest BCUT2D eigenvalue weighted by Gasteiger charge is -2.26. The molecule has 114 valence electrons. The molecular weight excluding hydrogens is 272 g/mol. The molecule has 1 aliphatic rings. The zero-order valence-corrected chi connectivity index (χ0v) is 12.3. The lowest BCUT2D eigenvalue weighted by atomic mass is 10.1. The second kappa shape index (κ2) is 6.58. The molecular formula is C15H20N2O4. The van der Waals surface area contributed by atoms with Crippen molar-refractivity contribution in [3.63, 3.8) is 0 Å². The van der Waals surface area contributed by atoms with Gasteiger partial charge in [-0.1, -0.05) is 6.92 Å². The Morgan fingerprint density at radius 1 is 1.52 bits per heavy atom. The number of hydrogen-bond donors (Lipinski definition) is 2. The summed E-state index contributed by atoms with van der Waals surface area (Å²) in [5, 5.41) is 12.6. The Kier molecular flexibility index (Phi) is 4.80. The number of nitrogens with one attached hydrogen (secondary N) is 1. The molecule has 0 aromatic heterocycles. The molecule has 0 bridgehead atoms. The first-order chi connectivity index (χ1) is 10.0. The molecule has 0 aliphatic carbocycles. The number of nitrogens with zero attached hydrogens (tertiary/aromatic N) is 1. The first-order valence-corrected chi connectivity index (χ1v) is 6.98. The molecule has 0 spiro atoms. The molecule has 1 atom stereocenters. The van der Waals surface area contributed by atoms with Crippen LogP contribution in [0.3, 0.4) is 0 Å². The molecule has 21 heavy (non-hydrogen) atoms. The molecule has 1 amide bonds. The third-order valence-electron chi connectivity index (χ3n) is 3.44. The zero-order chi connectivity index (χ0) is 15.4. The number of aliphatic hydroxyl groups excluding tert-OH is 1. The number of rotatable bonds is 6. The number of ether oxygens (including phenoxy) is 1. The van der Waals surface area contributed by atoms with Gasteiger partial charge in [0.2, 0.25) is 5.91 Å². The molecule has 0 unspecified atom stereocenters. The van der Waals surface area contributed by atoms with E-state index < -0.39 is 12.1 Å². The van der Waals surface area contributed by atoms with Crippen molar-refractivity contribution in [2.75, 3.05) is 30.4 Å². The van der Waals surface area contributed by atoms with Gasteiger partial charge in [-0.25, -0.2) is 4.79 Å². The lowest BCUT2D eigenvalue weighted by Crippen LogP contribution is -2.38. The van der Waals surface area contributed by atoms with Gasteiger partial charge in [0.1, 0.15) is 0 Å². The van der Waals surface area contributed by atoms with Crippen molar-refractivity contribution in [3.8, 4) is 0 Å². The third-order valence-corrected chi connectivity index (χ3v) is 3.44. The van der Waals surface area contributed by atoms with Crippen LogP contribution < -0.4 is 10.2 Å². The highest BCUT2D eigenvalue weighted by Crippen LogP contribution is 2.28. The molecule has 6 nitrogen and oxygen atoms in total. The molecule has 6 heteroatoms. The van der Waals surface area contributed by atoms with Crippen molar-refractivity contribution >= 4 is 23.3 Å². The van der Waals surface area contributed by atoms with Crippen molar-refractivity contribution in [3.05, 3.63) is 23.8 Å². The summed E-state index contributed by atoms with van der Waals surface area (Å²) < 4.78 is 4.54. The first-order valence-electron chi connectivity index (χ1n) is 6.98. The Labute approximate surface area is 123 Å². The largest absolute Gasteiger partial charge is 0.467 e. The van der Waals surface area contributed by atoms with Gasteiger partial charge >= 0.3 is 5.97 Å². The summed E-state index contributed by atoms with van der Waals surface area (Å²) in [5.41, 5.74) is 2.65. The number of aliphatic hydroxyl groups is 1. The van der Waals surface area contributed by atoms with Crippen molar-refractivity contribution < 1.29 is 19.4 Å². The number of fused-ring (bicyclic) bond motifs is 1. The normalized spacial score (nSPS) is 14.3. The second-order valence-corrected chi connectivity index (χ2v) is 5.05. The number of methoxy groups -OCH3 is 1. The van der Waals surface area contributed by atoms with Crippen LogP contribution in [0.2, 0.25) is 0 Å². The zero-order valence-electron chi connectivity index (χ0n) is 12.3. The molecule has 2 N–H and O–H groups in total. The number of carbonyl (C=O) groups is 2. The Hall–Kier alpha value is -2.08. The van der Waals surface area contributed by atoms with Crippen LogP contribution in [0.5, 0.6) is 0 Å². The molecule has 1 heterocycles. The Morgan fingerprint density at radius 3 is 2.95 bits per heavy atom. The number of benzene rings is 1. The van der Waals surface area contributed by atoms with E-state index in [1.54, 1.807) is 0 Å². The molecule has 0 saturated carbocycles. The van der Waals surface area contributed by atoms with Gasteiger partial charge in [-0.05, 0) is 30.2 Å². The molecule has 2 rings (SSSR count). The highest BCUT2D eigenvalue weighted by Gasteiger charge is 2.22. The van der Waals surface area contributed by atoms with Crippen molar-refractivity contribution in [2.45, 2.75) is 25.9 Å². The van der Waals surface area contributed by atoms with Crippen molar-refractivity contribution in [1.82, 2.24) is 0 Å². The van der Waals surface area contributed by atoms with Gasteiger partial charge in [-0.15, -0.1) is 0 Å². The predicted molar refractivity (Wildman–Crippen MR) is 79.3 cm³/mol. The van der Waals surface area contributed by atoms with Gasteiger partial charge in [0.05, 0.1) is 20.1 Å². The van der Waals surface area contributed by atoms with Crippen LogP contribution in [0.25, 0.3) is 0 Å².